The Labute approximate surface area is 219 Å². The molecule has 3 aromatic carbocycles. The highest BCUT2D eigenvalue weighted by Crippen LogP contribution is 2.39. The van der Waals surface area contributed by atoms with Crippen LogP contribution in [0.1, 0.15) is 24.0 Å². The summed E-state index contributed by atoms with van der Waals surface area (Å²) in [6.45, 7) is 6.45. The van der Waals surface area contributed by atoms with Crippen LogP contribution in [0.4, 0.5) is 4.79 Å². The monoisotopic (exact) mass is 503 g/mol. The minimum absolute atomic E-state index is 0.439. The van der Waals surface area contributed by atoms with Crippen LogP contribution in [0.15, 0.2) is 72.8 Å². The van der Waals surface area contributed by atoms with E-state index in [1.54, 1.807) is 12.1 Å². The van der Waals surface area contributed by atoms with Crippen molar-refractivity contribution in [3.05, 3.63) is 88.9 Å². The minimum Gasteiger partial charge on any atom is -0.410 e. The van der Waals surface area contributed by atoms with E-state index in [0.717, 1.165) is 24.1 Å². The van der Waals surface area contributed by atoms with Crippen molar-refractivity contribution in [3.8, 4) is 16.9 Å². The molecule has 1 atom stereocenters. The lowest BCUT2D eigenvalue weighted by atomic mass is 9.86. The van der Waals surface area contributed by atoms with Crippen LogP contribution in [0.25, 0.3) is 11.1 Å². The smallest absolute Gasteiger partial charge is 0.410 e. The highest BCUT2D eigenvalue weighted by molar-refractivity contribution is 6.30. The molecule has 0 radical (unpaired) electrons. The van der Waals surface area contributed by atoms with Gasteiger partial charge in [0.1, 0.15) is 5.75 Å². The largest absolute Gasteiger partial charge is 0.412 e. The zero-order valence-corrected chi connectivity index (χ0v) is 21.6. The summed E-state index contributed by atoms with van der Waals surface area (Å²) in [6.07, 6.45) is 2.99. The van der Waals surface area contributed by atoms with Crippen molar-refractivity contribution in [1.29, 1.82) is 0 Å². The lowest BCUT2D eigenvalue weighted by Crippen LogP contribution is -2.29. The zero-order chi connectivity index (χ0) is 25.0. The Hall–Kier alpha value is -2.86. The van der Waals surface area contributed by atoms with Gasteiger partial charge in [0.25, 0.3) is 0 Å². The van der Waals surface area contributed by atoms with Gasteiger partial charge in [-0.2, -0.15) is 0 Å². The van der Waals surface area contributed by atoms with Gasteiger partial charge in [-0.25, -0.2) is 4.79 Å². The molecular weight excluding hydrogens is 470 g/mol. The number of nitrogens with zero attached hydrogens (tertiary/aromatic N) is 2. The van der Waals surface area contributed by atoms with Crippen molar-refractivity contribution < 1.29 is 9.53 Å². The van der Waals surface area contributed by atoms with Crippen molar-refractivity contribution in [3.63, 3.8) is 0 Å². The second-order valence-electron chi connectivity index (χ2n) is 10.4. The van der Waals surface area contributed by atoms with E-state index in [9.17, 15) is 4.79 Å². The fourth-order valence-corrected chi connectivity index (χ4v) is 5.66. The molecule has 0 saturated carbocycles. The van der Waals surface area contributed by atoms with Crippen LogP contribution in [0, 0.1) is 5.41 Å². The van der Waals surface area contributed by atoms with Gasteiger partial charge in [-0.1, -0.05) is 60.1 Å². The number of hydrogen-bond donors (Lipinski definition) is 1. The van der Waals surface area contributed by atoms with Crippen LogP contribution in [0.2, 0.25) is 5.02 Å². The Morgan fingerprint density at radius 1 is 0.889 bits per heavy atom. The Morgan fingerprint density at radius 2 is 1.53 bits per heavy atom. The van der Waals surface area contributed by atoms with E-state index >= 15 is 0 Å². The summed E-state index contributed by atoms with van der Waals surface area (Å²) in [5.74, 6) is 0.516. The normalized spacial score (nSPS) is 20.2. The van der Waals surface area contributed by atoms with Crippen molar-refractivity contribution >= 4 is 17.7 Å². The first kappa shape index (κ1) is 24.8. The predicted octanol–water partition coefficient (Wildman–Crippen LogP) is 5.87. The van der Waals surface area contributed by atoms with Gasteiger partial charge in [0, 0.05) is 31.2 Å². The van der Waals surface area contributed by atoms with Gasteiger partial charge in [-0.15, -0.1) is 0 Å². The van der Waals surface area contributed by atoms with Gasteiger partial charge in [-0.3, -0.25) is 4.90 Å². The molecule has 1 spiro atoms. The van der Waals surface area contributed by atoms with Gasteiger partial charge < -0.3 is 15.0 Å². The molecule has 1 unspecified atom stereocenters. The van der Waals surface area contributed by atoms with E-state index in [1.165, 1.54) is 50.1 Å². The maximum absolute atomic E-state index is 12.2. The Balaban J connectivity index is 1.04. The van der Waals surface area contributed by atoms with Gasteiger partial charge >= 0.3 is 6.09 Å². The first-order chi connectivity index (χ1) is 17.5. The van der Waals surface area contributed by atoms with E-state index in [0.29, 0.717) is 22.7 Å². The fourth-order valence-electron chi connectivity index (χ4n) is 5.53. The average molecular weight is 504 g/mol. The molecule has 1 amide bonds. The summed E-state index contributed by atoms with van der Waals surface area (Å²) in [6, 6.07) is 23.9. The number of carbonyl (C=O) groups is 1. The molecule has 2 saturated heterocycles. The average Bonchev–Trinajstić information content (AvgIpc) is 3.45. The number of ether oxygens (including phenoxy) is 1. The number of halogens is 1. The van der Waals surface area contributed by atoms with Gasteiger partial charge in [-0.05, 0) is 91.3 Å². The molecule has 5 rings (SSSR count). The molecule has 2 aliphatic heterocycles. The van der Waals surface area contributed by atoms with Crippen molar-refractivity contribution in [2.75, 3.05) is 39.8 Å². The molecule has 36 heavy (non-hydrogen) atoms. The summed E-state index contributed by atoms with van der Waals surface area (Å²) in [4.78, 5) is 17.3. The number of rotatable bonds is 7. The van der Waals surface area contributed by atoms with Crippen LogP contribution >= 0.6 is 11.6 Å². The topological polar surface area (TPSA) is 44.8 Å². The van der Waals surface area contributed by atoms with Gasteiger partial charge in [0.05, 0.1) is 0 Å². The number of likely N-dealkylation sites (tertiary alicyclic amines) is 2. The Bertz CT molecular complexity index is 1160. The van der Waals surface area contributed by atoms with Crippen molar-refractivity contribution in [1.82, 2.24) is 15.1 Å². The third-order valence-electron chi connectivity index (χ3n) is 7.50. The summed E-state index contributed by atoms with van der Waals surface area (Å²) in [7, 11) is 2.24. The third-order valence-corrected chi connectivity index (χ3v) is 7.75. The number of carbonyl (C=O) groups excluding carboxylic acids is 1. The number of nitrogens with one attached hydrogen (secondary N) is 1. The molecule has 0 bridgehead atoms. The van der Waals surface area contributed by atoms with E-state index < -0.39 is 6.09 Å². The molecule has 2 aliphatic rings. The highest BCUT2D eigenvalue weighted by Gasteiger charge is 2.42. The summed E-state index contributed by atoms with van der Waals surface area (Å²) in [5.41, 5.74) is 5.19. The maximum Gasteiger partial charge on any atom is 0.412 e. The lowest BCUT2D eigenvalue weighted by molar-refractivity contribution is 0.200. The SMILES string of the molecule is CN1CCC2(CCN(Cc3ccc(CCNC(=O)Oc4ccc(-c5ccc(Cl)cc5)cc4)cc3)C2)C1. The van der Waals surface area contributed by atoms with Crippen molar-refractivity contribution in [2.45, 2.75) is 25.8 Å². The van der Waals surface area contributed by atoms with E-state index in [4.69, 9.17) is 16.3 Å². The van der Waals surface area contributed by atoms with Crippen molar-refractivity contribution in [2.24, 2.45) is 5.41 Å². The van der Waals surface area contributed by atoms with E-state index in [1.807, 2.05) is 36.4 Å². The molecular formula is C30H34ClN3O2. The molecule has 0 aliphatic carbocycles. The first-order valence-electron chi connectivity index (χ1n) is 12.8. The van der Waals surface area contributed by atoms with Gasteiger partial charge in [0.2, 0.25) is 0 Å². The standard InChI is InChI=1S/C30H34ClN3O2/c1-33-18-15-30(21-33)16-19-34(22-30)20-24-4-2-23(3-5-24)14-17-32-29(35)36-28-12-8-26(9-13-28)25-6-10-27(31)11-7-25/h2-13H,14-22H2,1H3,(H,32,35). The fraction of sp³-hybridized carbons (Fsp3) is 0.367. The zero-order valence-electron chi connectivity index (χ0n) is 20.9. The first-order valence-corrected chi connectivity index (χ1v) is 13.1. The number of benzene rings is 3. The quantitative estimate of drug-likeness (QED) is 0.438. The molecule has 188 valence electrons. The second kappa shape index (κ2) is 11.0. The van der Waals surface area contributed by atoms with Crippen LogP contribution in [-0.4, -0.2) is 55.7 Å². The van der Waals surface area contributed by atoms with Crippen LogP contribution in [0.3, 0.4) is 0 Å². The molecule has 2 heterocycles. The lowest BCUT2D eigenvalue weighted by Gasteiger charge is -2.24. The second-order valence-corrected chi connectivity index (χ2v) is 10.8. The predicted molar refractivity (Wildman–Crippen MR) is 146 cm³/mol. The molecule has 6 heteroatoms. The van der Waals surface area contributed by atoms with E-state index in [2.05, 4.69) is 46.4 Å². The third kappa shape index (κ3) is 6.28. The van der Waals surface area contributed by atoms with E-state index in [-0.39, 0.29) is 0 Å². The van der Waals surface area contributed by atoms with Crippen LogP contribution < -0.4 is 10.1 Å². The summed E-state index contributed by atoms with van der Waals surface area (Å²) >= 11 is 5.96. The Morgan fingerprint density at radius 3 is 2.19 bits per heavy atom. The van der Waals surface area contributed by atoms with Crippen LogP contribution in [-0.2, 0) is 13.0 Å². The van der Waals surface area contributed by atoms with Gasteiger partial charge in [0.15, 0.2) is 0 Å². The number of hydrogen-bond acceptors (Lipinski definition) is 4. The molecule has 2 fully saturated rings. The molecule has 1 N–H and O–H groups in total. The summed E-state index contributed by atoms with van der Waals surface area (Å²) in [5, 5.41) is 3.56. The maximum atomic E-state index is 12.2. The number of amides is 1. The molecule has 5 nitrogen and oxygen atoms in total. The summed E-state index contributed by atoms with van der Waals surface area (Å²) < 4.78 is 5.42. The minimum atomic E-state index is -0.439. The highest BCUT2D eigenvalue weighted by atomic mass is 35.5. The molecule has 0 aromatic heterocycles. The van der Waals surface area contributed by atoms with Crippen LogP contribution in [0.5, 0.6) is 5.75 Å². The Kier molecular flexibility index (Phi) is 7.61. The molecule has 3 aromatic rings.